The highest BCUT2D eigenvalue weighted by atomic mass is 35.5. The summed E-state index contributed by atoms with van der Waals surface area (Å²) in [6.07, 6.45) is -2.25. The van der Waals surface area contributed by atoms with Crippen LogP contribution in [0.3, 0.4) is 0 Å². The summed E-state index contributed by atoms with van der Waals surface area (Å²) in [7, 11) is 0. The molecule has 8 nitrogen and oxygen atoms in total. The van der Waals surface area contributed by atoms with Gasteiger partial charge in [0.25, 0.3) is 0 Å². The molecule has 0 radical (unpaired) electrons. The molecule has 3 heterocycles. The van der Waals surface area contributed by atoms with Crippen molar-refractivity contribution in [2.75, 3.05) is 19.8 Å². The number of hydrogen-bond acceptors (Lipinski definition) is 8. The summed E-state index contributed by atoms with van der Waals surface area (Å²) >= 11 is 6.49. The SMILES string of the molecule is CCCCOc1ccc2cc(Cc3cc([C@]45OC[C@](CO)(O4)[C@@H](O)[C@H](O)[C@H]5O)ccc3Cl)oc2c1. The van der Waals surface area contributed by atoms with Crippen molar-refractivity contribution in [3.8, 4) is 5.75 Å². The van der Waals surface area contributed by atoms with Gasteiger partial charge >= 0.3 is 0 Å². The lowest BCUT2D eigenvalue weighted by atomic mass is 9.83. The van der Waals surface area contributed by atoms with E-state index in [-0.39, 0.29) is 6.61 Å². The van der Waals surface area contributed by atoms with Crippen LogP contribution >= 0.6 is 11.6 Å². The third kappa shape index (κ3) is 4.13. The van der Waals surface area contributed by atoms with Gasteiger partial charge in [0.2, 0.25) is 5.79 Å². The van der Waals surface area contributed by atoms with Crippen LogP contribution in [-0.2, 0) is 21.7 Å². The Kier molecular flexibility index (Phi) is 6.56. The lowest BCUT2D eigenvalue weighted by Gasteiger charge is -2.46. The topological polar surface area (TPSA) is 122 Å². The van der Waals surface area contributed by atoms with E-state index in [0.717, 1.165) is 24.0 Å². The first-order chi connectivity index (χ1) is 16.8. The summed E-state index contributed by atoms with van der Waals surface area (Å²) in [4.78, 5) is 0. The highest BCUT2D eigenvalue weighted by Gasteiger charge is 2.67. The quantitative estimate of drug-likeness (QED) is 0.345. The molecule has 5 rings (SSSR count). The number of aliphatic hydroxyl groups excluding tert-OH is 4. The van der Waals surface area contributed by atoms with Crippen LogP contribution in [-0.4, -0.2) is 64.2 Å². The summed E-state index contributed by atoms with van der Waals surface area (Å²) in [5, 5.41) is 42.9. The van der Waals surface area contributed by atoms with E-state index < -0.39 is 36.3 Å². The number of ether oxygens (including phenoxy) is 3. The number of hydrogen-bond donors (Lipinski definition) is 4. The first-order valence-corrected chi connectivity index (χ1v) is 12.1. The van der Waals surface area contributed by atoms with Gasteiger partial charge in [-0.15, -0.1) is 0 Å². The number of unbranched alkanes of at least 4 members (excludes halogenated alkanes) is 1. The maximum absolute atomic E-state index is 10.8. The molecule has 2 fully saturated rings. The minimum Gasteiger partial charge on any atom is -0.493 e. The fraction of sp³-hybridized carbons (Fsp3) is 0.462. The second-order valence-corrected chi connectivity index (χ2v) is 9.67. The van der Waals surface area contributed by atoms with Crippen molar-refractivity contribution in [1.29, 1.82) is 0 Å². The Balaban J connectivity index is 1.43. The molecule has 9 heteroatoms. The molecule has 188 valence electrons. The number of benzene rings is 2. The fourth-order valence-corrected chi connectivity index (χ4v) is 4.95. The second kappa shape index (κ2) is 9.37. The molecule has 1 aromatic heterocycles. The fourth-order valence-electron chi connectivity index (χ4n) is 4.77. The Morgan fingerprint density at radius 1 is 1.09 bits per heavy atom. The predicted molar refractivity (Wildman–Crippen MR) is 127 cm³/mol. The maximum Gasteiger partial charge on any atom is 0.225 e. The van der Waals surface area contributed by atoms with Crippen molar-refractivity contribution in [2.24, 2.45) is 0 Å². The van der Waals surface area contributed by atoms with Crippen molar-refractivity contribution in [2.45, 2.75) is 55.9 Å². The maximum atomic E-state index is 10.8. The molecule has 3 aromatic rings. The highest BCUT2D eigenvalue weighted by molar-refractivity contribution is 6.31. The van der Waals surface area contributed by atoms with Crippen LogP contribution in [0.25, 0.3) is 11.0 Å². The first kappa shape index (κ1) is 24.5. The minimum atomic E-state index is -1.75. The monoisotopic (exact) mass is 504 g/mol. The molecule has 2 saturated heterocycles. The molecule has 5 atom stereocenters. The Morgan fingerprint density at radius 3 is 2.69 bits per heavy atom. The molecular weight excluding hydrogens is 476 g/mol. The van der Waals surface area contributed by atoms with E-state index >= 15 is 0 Å². The van der Waals surface area contributed by atoms with E-state index in [0.29, 0.717) is 40.5 Å². The third-order valence-electron chi connectivity index (χ3n) is 6.85. The molecule has 0 unspecified atom stereocenters. The van der Waals surface area contributed by atoms with Gasteiger partial charge in [-0.2, -0.15) is 0 Å². The summed E-state index contributed by atoms with van der Waals surface area (Å²) in [5.74, 6) is -0.319. The predicted octanol–water partition coefficient (Wildman–Crippen LogP) is 2.88. The van der Waals surface area contributed by atoms with E-state index in [4.69, 9.17) is 30.2 Å². The van der Waals surface area contributed by atoms with E-state index in [1.807, 2.05) is 24.3 Å². The van der Waals surface area contributed by atoms with Gasteiger partial charge in [-0.1, -0.05) is 31.0 Å². The standard InChI is InChI=1S/C26H29ClO8/c1-2-3-8-32-18-6-4-15-10-19(34-21(15)12-18)11-16-9-17(5-7-20(16)27)26-24(31)22(29)23(30)25(13-28,35-26)14-33-26/h4-7,9-10,12,22-24,28-31H,2-3,8,11,13-14H2,1H3/t22-,23-,24+,25-,26-/m0/s1. The van der Waals surface area contributed by atoms with Gasteiger partial charge in [-0.25, -0.2) is 0 Å². The van der Waals surface area contributed by atoms with Gasteiger partial charge in [-0.05, 0) is 42.3 Å². The van der Waals surface area contributed by atoms with Crippen LogP contribution in [0.4, 0.5) is 0 Å². The molecule has 0 spiro atoms. The van der Waals surface area contributed by atoms with Crippen molar-refractivity contribution < 1.29 is 39.1 Å². The number of halogens is 1. The van der Waals surface area contributed by atoms with Gasteiger partial charge in [0.15, 0.2) is 0 Å². The molecule has 0 aliphatic carbocycles. The lowest BCUT2D eigenvalue weighted by Crippen LogP contribution is -2.65. The van der Waals surface area contributed by atoms with Crippen molar-refractivity contribution in [1.82, 2.24) is 0 Å². The molecule has 2 aromatic carbocycles. The van der Waals surface area contributed by atoms with E-state index in [1.165, 1.54) is 0 Å². The normalized spacial score (nSPS) is 30.2. The van der Waals surface area contributed by atoms with E-state index in [1.54, 1.807) is 18.2 Å². The van der Waals surface area contributed by atoms with Crippen molar-refractivity contribution >= 4 is 22.6 Å². The molecule has 2 bridgehead atoms. The van der Waals surface area contributed by atoms with Crippen LogP contribution in [0.15, 0.2) is 46.9 Å². The molecule has 2 aliphatic heterocycles. The molecule has 35 heavy (non-hydrogen) atoms. The summed E-state index contributed by atoms with van der Waals surface area (Å²) in [6, 6.07) is 12.7. The van der Waals surface area contributed by atoms with Crippen molar-refractivity contribution in [3.63, 3.8) is 0 Å². The van der Waals surface area contributed by atoms with Crippen LogP contribution in [0, 0.1) is 0 Å². The zero-order chi connectivity index (χ0) is 24.8. The van der Waals surface area contributed by atoms with Gasteiger partial charge in [0, 0.05) is 28.5 Å². The average molecular weight is 505 g/mol. The minimum absolute atomic E-state index is 0.191. The molecular formula is C26H29ClO8. The van der Waals surface area contributed by atoms with Gasteiger partial charge in [0.1, 0.15) is 41.0 Å². The Hall–Kier alpha value is -2.17. The number of rotatable bonds is 8. The Bertz CT molecular complexity index is 1210. The summed E-state index contributed by atoms with van der Waals surface area (Å²) in [5.41, 5.74) is 0.274. The second-order valence-electron chi connectivity index (χ2n) is 9.26. The number of fused-ring (bicyclic) bond motifs is 3. The average Bonchev–Trinajstić information content (AvgIpc) is 3.44. The Morgan fingerprint density at radius 2 is 1.91 bits per heavy atom. The molecule has 0 saturated carbocycles. The van der Waals surface area contributed by atoms with E-state index in [2.05, 4.69) is 6.92 Å². The smallest absolute Gasteiger partial charge is 0.225 e. The van der Waals surface area contributed by atoms with Crippen LogP contribution in [0.5, 0.6) is 5.75 Å². The number of furan rings is 1. The first-order valence-electron chi connectivity index (χ1n) is 11.8. The largest absolute Gasteiger partial charge is 0.493 e. The summed E-state index contributed by atoms with van der Waals surface area (Å²) in [6.45, 7) is 1.99. The number of aliphatic hydroxyl groups is 4. The van der Waals surface area contributed by atoms with Gasteiger partial charge in [-0.3, -0.25) is 0 Å². The van der Waals surface area contributed by atoms with Gasteiger partial charge < -0.3 is 39.1 Å². The summed E-state index contributed by atoms with van der Waals surface area (Å²) < 4.78 is 23.6. The van der Waals surface area contributed by atoms with Crippen LogP contribution < -0.4 is 4.74 Å². The van der Waals surface area contributed by atoms with Crippen LogP contribution in [0.2, 0.25) is 5.02 Å². The zero-order valence-corrected chi connectivity index (χ0v) is 20.1. The van der Waals surface area contributed by atoms with Crippen molar-refractivity contribution in [3.05, 3.63) is 64.4 Å². The highest BCUT2D eigenvalue weighted by Crippen LogP contribution is 2.49. The molecule has 0 amide bonds. The lowest BCUT2D eigenvalue weighted by molar-refractivity contribution is -0.329. The van der Waals surface area contributed by atoms with Crippen LogP contribution in [0.1, 0.15) is 36.7 Å². The molecule has 2 aliphatic rings. The third-order valence-corrected chi connectivity index (χ3v) is 7.22. The van der Waals surface area contributed by atoms with E-state index in [9.17, 15) is 20.4 Å². The zero-order valence-electron chi connectivity index (χ0n) is 19.3. The Labute approximate surface area is 207 Å². The molecule has 4 N–H and O–H groups in total. The van der Waals surface area contributed by atoms with Gasteiger partial charge in [0.05, 0.1) is 19.8 Å².